The van der Waals surface area contributed by atoms with Crippen LogP contribution < -0.4 is 21.0 Å². The minimum Gasteiger partial charge on any atom is -0.349 e. The molecule has 138 valence electrons. The summed E-state index contributed by atoms with van der Waals surface area (Å²) < 4.78 is 1.49. The van der Waals surface area contributed by atoms with E-state index in [1.807, 2.05) is 32.7 Å². The zero-order chi connectivity index (χ0) is 18.7. The Morgan fingerprint density at radius 3 is 2.56 bits per heavy atom. The molecule has 0 radical (unpaired) electrons. The Labute approximate surface area is 147 Å². The number of aromatic nitrogens is 2. The first-order chi connectivity index (χ1) is 11.7. The Morgan fingerprint density at radius 2 is 1.92 bits per heavy atom. The SMILES string of the molecule is CC(C)=CC(=O)C(C)CCCCN1CN(C)c2c1n(C)c(=O)[nH]c2=O. The van der Waals surface area contributed by atoms with Crippen LogP contribution in [-0.4, -0.2) is 35.6 Å². The van der Waals surface area contributed by atoms with Crippen LogP contribution in [0, 0.1) is 5.92 Å². The summed E-state index contributed by atoms with van der Waals surface area (Å²) in [5.74, 6) is 0.876. The minimum atomic E-state index is -0.398. The van der Waals surface area contributed by atoms with Gasteiger partial charge in [0.15, 0.2) is 5.78 Å². The van der Waals surface area contributed by atoms with E-state index in [2.05, 4.69) is 9.88 Å². The number of H-pyrrole nitrogens is 1. The number of fused-ring (bicyclic) bond motifs is 1. The van der Waals surface area contributed by atoms with Crippen LogP contribution in [-0.2, 0) is 11.8 Å². The third-order valence-corrected chi connectivity index (χ3v) is 4.57. The summed E-state index contributed by atoms with van der Waals surface area (Å²) in [7, 11) is 3.52. The molecule has 7 heteroatoms. The number of allylic oxidation sites excluding steroid dienone is 2. The van der Waals surface area contributed by atoms with Crippen molar-refractivity contribution in [3.8, 4) is 0 Å². The van der Waals surface area contributed by atoms with Gasteiger partial charge in [0.25, 0.3) is 5.56 Å². The Kier molecular flexibility index (Phi) is 5.87. The molecule has 0 spiro atoms. The molecule has 2 rings (SSSR count). The fourth-order valence-corrected chi connectivity index (χ4v) is 3.20. The molecule has 0 amide bonds. The topological polar surface area (TPSA) is 78.4 Å². The van der Waals surface area contributed by atoms with Crippen LogP contribution >= 0.6 is 0 Å². The van der Waals surface area contributed by atoms with Crippen molar-refractivity contribution in [1.82, 2.24) is 9.55 Å². The van der Waals surface area contributed by atoms with Crippen molar-refractivity contribution in [1.29, 1.82) is 0 Å². The van der Waals surface area contributed by atoms with Gasteiger partial charge in [0, 0.05) is 26.6 Å². The first-order valence-electron chi connectivity index (χ1n) is 8.70. The van der Waals surface area contributed by atoms with Gasteiger partial charge >= 0.3 is 5.69 Å². The number of hydrogen-bond donors (Lipinski definition) is 1. The van der Waals surface area contributed by atoms with Crippen molar-refractivity contribution < 1.29 is 4.79 Å². The molecule has 0 fully saturated rings. The van der Waals surface area contributed by atoms with Crippen molar-refractivity contribution in [3.05, 3.63) is 32.5 Å². The number of carbonyl (C=O) groups excluding carboxylic acids is 1. The Hall–Kier alpha value is -2.31. The molecule has 1 aromatic heterocycles. The fraction of sp³-hybridized carbons (Fsp3) is 0.611. The smallest absolute Gasteiger partial charge is 0.329 e. The van der Waals surface area contributed by atoms with Gasteiger partial charge in [-0.25, -0.2) is 4.79 Å². The maximum Gasteiger partial charge on any atom is 0.329 e. The summed E-state index contributed by atoms with van der Waals surface area (Å²) in [6.45, 7) is 7.15. The molecular formula is C18H28N4O3. The number of ketones is 1. The van der Waals surface area contributed by atoms with Crippen LogP contribution in [0.4, 0.5) is 11.5 Å². The molecule has 0 bridgehead atoms. The predicted octanol–water partition coefficient (Wildman–Crippen LogP) is 1.63. The van der Waals surface area contributed by atoms with Crippen LogP contribution in [0.25, 0.3) is 0 Å². The van der Waals surface area contributed by atoms with Gasteiger partial charge in [0.05, 0.1) is 6.67 Å². The molecule has 0 saturated heterocycles. The van der Waals surface area contributed by atoms with E-state index in [1.165, 1.54) is 4.57 Å². The van der Waals surface area contributed by atoms with Gasteiger partial charge in [0.2, 0.25) is 0 Å². The highest BCUT2D eigenvalue weighted by Crippen LogP contribution is 2.29. The highest BCUT2D eigenvalue weighted by Gasteiger charge is 2.29. The van der Waals surface area contributed by atoms with E-state index in [4.69, 9.17) is 0 Å². The van der Waals surface area contributed by atoms with Gasteiger partial charge < -0.3 is 9.80 Å². The Morgan fingerprint density at radius 1 is 1.24 bits per heavy atom. The average molecular weight is 348 g/mol. The number of nitrogens with one attached hydrogen (secondary N) is 1. The second kappa shape index (κ2) is 7.72. The molecule has 1 atom stereocenters. The normalized spacial score (nSPS) is 14.4. The van der Waals surface area contributed by atoms with Crippen molar-refractivity contribution in [2.24, 2.45) is 13.0 Å². The summed E-state index contributed by atoms with van der Waals surface area (Å²) in [5.41, 5.74) is 0.822. The van der Waals surface area contributed by atoms with Crippen LogP contribution in [0.15, 0.2) is 21.2 Å². The molecule has 25 heavy (non-hydrogen) atoms. The first kappa shape index (κ1) is 19.0. The highest BCUT2D eigenvalue weighted by molar-refractivity contribution is 5.91. The van der Waals surface area contributed by atoms with E-state index in [0.29, 0.717) is 18.2 Å². The van der Waals surface area contributed by atoms with Gasteiger partial charge in [0.1, 0.15) is 11.5 Å². The lowest BCUT2D eigenvalue weighted by Crippen LogP contribution is -2.32. The summed E-state index contributed by atoms with van der Waals surface area (Å²) >= 11 is 0. The summed E-state index contributed by atoms with van der Waals surface area (Å²) in [6.07, 6.45) is 4.38. The van der Waals surface area contributed by atoms with Gasteiger partial charge in [-0.2, -0.15) is 0 Å². The molecule has 2 heterocycles. The Bertz CT molecular complexity index is 786. The molecular weight excluding hydrogens is 320 g/mol. The third-order valence-electron chi connectivity index (χ3n) is 4.57. The van der Waals surface area contributed by atoms with Crippen LogP contribution in [0.3, 0.4) is 0 Å². The molecule has 0 aromatic carbocycles. The zero-order valence-electron chi connectivity index (χ0n) is 15.8. The number of anilines is 2. The second-order valence-electron chi connectivity index (χ2n) is 7.11. The van der Waals surface area contributed by atoms with Crippen LogP contribution in [0.2, 0.25) is 0 Å². The minimum absolute atomic E-state index is 0.0237. The molecule has 0 saturated carbocycles. The van der Waals surface area contributed by atoms with Crippen molar-refractivity contribution in [2.45, 2.75) is 40.0 Å². The van der Waals surface area contributed by atoms with Gasteiger partial charge in [-0.3, -0.25) is 19.1 Å². The molecule has 1 aliphatic rings. The predicted molar refractivity (Wildman–Crippen MR) is 100 cm³/mol. The second-order valence-corrected chi connectivity index (χ2v) is 7.11. The fourth-order valence-electron chi connectivity index (χ4n) is 3.20. The maximum atomic E-state index is 12.0. The van der Waals surface area contributed by atoms with Gasteiger partial charge in [-0.15, -0.1) is 0 Å². The standard InChI is InChI=1S/C18H28N4O3/c1-12(2)10-14(23)13(3)8-6-7-9-22-11-20(4)15-16(24)19-18(25)21(5)17(15)22/h10,13H,6-9,11H2,1-5H3,(H,19,24,25). The molecule has 7 nitrogen and oxygen atoms in total. The molecule has 1 aromatic rings. The molecule has 1 unspecified atom stereocenters. The van der Waals surface area contributed by atoms with Gasteiger partial charge in [-0.1, -0.05) is 18.9 Å². The van der Waals surface area contributed by atoms with Crippen molar-refractivity contribution in [2.75, 3.05) is 30.1 Å². The van der Waals surface area contributed by atoms with E-state index in [-0.39, 0.29) is 17.3 Å². The average Bonchev–Trinajstić information content (AvgIpc) is 2.85. The highest BCUT2D eigenvalue weighted by atomic mass is 16.2. The number of unbranched alkanes of at least 4 members (excludes halogenated alkanes) is 1. The number of rotatable bonds is 7. The molecule has 1 N–H and O–H groups in total. The lowest BCUT2D eigenvalue weighted by molar-refractivity contribution is -0.117. The van der Waals surface area contributed by atoms with Crippen molar-refractivity contribution >= 4 is 17.3 Å². The van der Waals surface area contributed by atoms with E-state index < -0.39 is 5.69 Å². The van der Waals surface area contributed by atoms with E-state index in [9.17, 15) is 14.4 Å². The lowest BCUT2D eigenvalue weighted by Gasteiger charge is -2.20. The van der Waals surface area contributed by atoms with Gasteiger partial charge in [-0.05, 0) is 32.8 Å². The number of hydrogen-bond acceptors (Lipinski definition) is 5. The monoisotopic (exact) mass is 348 g/mol. The quantitative estimate of drug-likeness (QED) is 0.598. The van der Waals surface area contributed by atoms with E-state index in [0.717, 1.165) is 31.4 Å². The summed E-state index contributed by atoms with van der Waals surface area (Å²) in [5, 5.41) is 0. The lowest BCUT2D eigenvalue weighted by atomic mass is 9.98. The number of aromatic amines is 1. The van der Waals surface area contributed by atoms with Crippen LogP contribution in [0.5, 0.6) is 0 Å². The molecule has 1 aliphatic heterocycles. The first-order valence-corrected chi connectivity index (χ1v) is 8.70. The maximum absolute atomic E-state index is 12.0. The van der Waals surface area contributed by atoms with Crippen molar-refractivity contribution in [3.63, 3.8) is 0 Å². The molecule has 0 aliphatic carbocycles. The summed E-state index contributed by atoms with van der Waals surface area (Å²) in [4.78, 5) is 42.1. The Balaban J connectivity index is 1.97. The largest absolute Gasteiger partial charge is 0.349 e. The number of carbonyl (C=O) groups is 1. The zero-order valence-corrected chi connectivity index (χ0v) is 15.8. The van der Waals surface area contributed by atoms with E-state index in [1.54, 1.807) is 13.1 Å². The van der Waals surface area contributed by atoms with Crippen LogP contribution in [0.1, 0.15) is 40.0 Å². The number of nitrogens with zero attached hydrogens (tertiary/aromatic N) is 3. The van der Waals surface area contributed by atoms with E-state index >= 15 is 0 Å². The third kappa shape index (κ3) is 4.21. The summed E-state index contributed by atoms with van der Waals surface area (Å²) in [6, 6.07) is 0.